The van der Waals surface area contributed by atoms with Crippen LogP contribution in [-0.2, 0) is 17.8 Å². The Bertz CT molecular complexity index is 753. The summed E-state index contributed by atoms with van der Waals surface area (Å²) in [6.07, 6.45) is 1.04. The first-order valence-corrected chi connectivity index (χ1v) is 9.73. The van der Waals surface area contributed by atoms with E-state index < -0.39 is 0 Å². The molecule has 4 nitrogen and oxygen atoms in total. The lowest BCUT2D eigenvalue weighted by Crippen LogP contribution is -3.13. The summed E-state index contributed by atoms with van der Waals surface area (Å²) in [5.41, 5.74) is 3.98. The fourth-order valence-electron chi connectivity index (χ4n) is 4.27. The van der Waals surface area contributed by atoms with Crippen molar-refractivity contribution >= 4 is 11.6 Å². The number of carbonyl (C=O) groups is 1. The summed E-state index contributed by atoms with van der Waals surface area (Å²) >= 11 is 0. The molecule has 2 aliphatic rings. The maximum Gasteiger partial charge on any atom is 0.245 e. The van der Waals surface area contributed by atoms with Crippen LogP contribution < -0.4 is 9.80 Å². The molecule has 1 N–H and O–H groups in total. The number of rotatable bonds is 4. The smallest absolute Gasteiger partial charge is 0.245 e. The first-order chi connectivity index (χ1) is 12.7. The average Bonchev–Trinajstić information content (AvgIpc) is 3.12. The molecule has 0 aromatic heterocycles. The summed E-state index contributed by atoms with van der Waals surface area (Å²) in [6, 6.07) is 19.1. The number of nitrogens with zero attached hydrogens (tertiary/aromatic N) is 2. The van der Waals surface area contributed by atoms with Crippen molar-refractivity contribution in [2.75, 3.05) is 37.6 Å². The van der Waals surface area contributed by atoms with Crippen LogP contribution in [0.25, 0.3) is 0 Å². The van der Waals surface area contributed by atoms with Gasteiger partial charge in [0.1, 0.15) is 12.6 Å². The van der Waals surface area contributed by atoms with E-state index in [0.29, 0.717) is 0 Å². The molecule has 2 aromatic carbocycles. The molecule has 2 aliphatic heterocycles. The molecule has 26 heavy (non-hydrogen) atoms. The van der Waals surface area contributed by atoms with Crippen LogP contribution in [0.3, 0.4) is 0 Å². The number of carbonyl (C=O) groups excluding carboxylic acids is 1. The third kappa shape index (κ3) is 3.47. The van der Waals surface area contributed by atoms with Crippen LogP contribution in [0.1, 0.15) is 18.1 Å². The van der Waals surface area contributed by atoms with Crippen molar-refractivity contribution in [3.8, 4) is 0 Å². The van der Waals surface area contributed by atoms with Gasteiger partial charge in [-0.05, 0) is 25.0 Å². The van der Waals surface area contributed by atoms with E-state index in [0.717, 1.165) is 45.7 Å². The molecule has 0 spiro atoms. The second-order valence-electron chi connectivity index (χ2n) is 7.49. The lowest BCUT2D eigenvalue weighted by molar-refractivity contribution is -0.917. The van der Waals surface area contributed by atoms with Crippen LogP contribution in [-0.4, -0.2) is 49.6 Å². The van der Waals surface area contributed by atoms with Crippen LogP contribution in [0.4, 0.5) is 5.69 Å². The second-order valence-corrected chi connectivity index (χ2v) is 7.49. The van der Waals surface area contributed by atoms with E-state index in [9.17, 15) is 4.79 Å². The zero-order valence-corrected chi connectivity index (χ0v) is 15.5. The Labute approximate surface area is 156 Å². The van der Waals surface area contributed by atoms with Gasteiger partial charge in [0.2, 0.25) is 5.91 Å². The Morgan fingerprint density at radius 3 is 2.46 bits per heavy atom. The van der Waals surface area contributed by atoms with Crippen LogP contribution in [0, 0.1) is 0 Å². The predicted molar refractivity (Wildman–Crippen MR) is 104 cm³/mol. The Kier molecular flexibility index (Phi) is 4.93. The number of quaternary nitrogens is 1. The average molecular weight is 350 g/mol. The molecule has 0 bridgehead atoms. The number of amides is 1. The van der Waals surface area contributed by atoms with E-state index in [4.69, 9.17) is 0 Å². The lowest BCUT2D eigenvalue weighted by atomic mass is 10.1. The van der Waals surface area contributed by atoms with Crippen molar-refractivity contribution in [2.24, 2.45) is 0 Å². The minimum absolute atomic E-state index is 0.0747. The molecule has 0 unspecified atom stereocenters. The van der Waals surface area contributed by atoms with Gasteiger partial charge in [-0.3, -0.25) is 4.79 Å². The molecule has 2 heterocycles. The van der Waals surface area contributed by atoms with Crippen LogP contribution >= 0.6 is 0 Å². The molecule has 1 saturated heterocycles. The zero-order chi connectivity index (χ0) is 17.9. The second kappa shape index (κ2) is 7.50. The highest BCUT2D eigenvalue weighted by Gasteiger charge is 2.32. The molecule has 0 aliphatic carbocycles. The van der Waals surface area contributed by atoms with E-state index in [1.165, 1.54) is 16.8 Å². The summed E-state index contributed by atoms with van der Waals surface area (Å²) in [6.45, 7) is 7.85. The van der Waals surface area contributed by atoms with Gasteiger partial charge in [0.15, 0.2) is 0 Å². The molecule has 4 heteroatoms. The van der Waals surface area contributed by atoms with Crippen molar-refractivity contribution < 1.29 is 9.69 Å². The minimum Gasteiger partial charge on any atom is -0.359 e. The third-order valence-electron chi connectivity index (χ3n) is 5.83. The first-order valence-electron chi connectivity index (χ1n) is 9.73. The highest BCUT2D eigenvalue weighted by molar-refractivity contribution is 5.86. The van der Waals surface area contributed by atoms with Crippen molar-refractivity contribution in [1.29, 1.82) is 0 Å². The van der Waals surface area contributed by atoms with Crippen LogP contribution in [0.5, 0.6) is 0 Å². The molecule has 1 atom stereocenters. The summed E-state index contributed by atoms with van der Waals surface area (Å²) in [4.78, 5) is 19.0. The third-order valence-corrected chi connectivity index (χ3v) is 5.83. The molecule has 1 amide bonds. The number of para-hydroxylation sites is 1. The molecule has 136 valence electrons. The maximum atomic E-state index is 13.0. The molecular weight excluding hydrogens is 322 g/mol. The van der Waals surface area contributed by atoms with Gasteiger partial charge in [0.05, 0.1) is 26.2 Å². The van der Waals surface area contributed by atoms with Crippen LogP contribution in [0.15, 0.2) is 54.6 Å². The summed E-state index contributed by atoms with van der Waals surface area (Å²) in [5.74, 6) is 0.278. The quantitative estimate of drug-likeness (QED) is 0.902. The molecule has 1 fully saturated rings. The zero-order valence-electron chi connectivity index (χ0n) is 15.5. The number of piperazine rings is 1. The summed E-state index contributed by atoms with van der Waals surface area (Å²) < 4.78 is 0. The molecule has 0 saturated carbocycles. The molecular formula is C22H28N3O+. The van der Waals surface area contributed by atoms with Gasteiger partial charge in [-0.25, -0.2) is 0 Å². The van der Waals surface area contributed by atoms with Crippen molar-refractivity contribution in [1.82, 2.24) is 4.90 Å². The number of nitrogens with one attached hydrogen (secondary N) is 1. The Morgan fingerprint density at radius 1 is 1.00 bits per heavy atom. The Hall–Kier alpha value is -2.33. The highest BCUT2D eigenvalue weighted by Crippen LogP contribution is 2.29. The number of fused-ring (bicyclic) bond motifs is 1. The van der Waals surface area contributed by atoms with Gasteiger partial charge in [-0.2, -0.15) is 0 Å². The van der Waals surface area contributed by atoms with E-state index in [2.05, 4.69) is 71.3 Å². The largest absolute Gasteiger partial charge is 0.359 e. The minimum atomic E-state index is -0.0747. The van der Waals surface area contributed by atoms with E-state index in [-0.39, 0.29) is 11.9 Å². The maximum absolute atomic E-state index is 13.0. The summed E-state index contributed by atoms with van der Waals surface area (Å²) in [7, 11) is 0. The van der Waals surface area contributed by atoms with Crippen LogP contribution in [0.2, 0.25) is 0 Å². The number of hydrogen-bond donors (Lipinski definition) is 1. The van der Waals surface area contributed by atoms with Gasteiger partial charge in [-0.1, -0.05) is 48.5 Å². The summed E-state index contributed by atoms with van der Waals surface area (Å²) in [5, 5.41) is 0. The fraction of sp³-hybridized carbons (Fsp3) is 0.409. The van der Waals surface area contributed by atoms with Gasteiger partial charge in [0.25, 0.3) is 0 Å². The normalized spacial score (nSPS) is 18.7. The molecule has 4 rings (SSSR count). The lowest BCUT2D eigenvalue weighted by Gasteiger charge is -2.36. The number of benzene rings is 2. The van der Waals surface area contributed by atoms with Gasteiger partial charge < -0.3 is 14.7 Å². The first kappa shape index (κ1) is 17.1. The molecule has 0 radical (unpaired) electrons. The van der Waals surface area contributed by atoms with E-state index >= 15 is 0 Å². The van der Waals surface area contributed by atoms with Crippen molar-refractivity contribution in [3.05, 3.63) is 65.7 Å². The fourth-order valence-corrected chi connectivity index (χ4v) is 4.27. The number of anilines is 1. The van der Waals surface area contributed by atoms with Gasteiger partial charge in [0, 0.05) is 17.8 Å². The highest BCUT2D eigenvalue weighted by atomic mass is 16.2. The van der Waals surface area contributed by atoms with Crippen molar-refractivity contribution in [2.45, 2.75) is 25.9 Å². The van der Waals surface area contributed by atoms with Gasteiger partial charge >= 0.3 is 0 Å². The van der Waals surface area contributed by atoms with E-state index in [1.54, 1.807) is 4.90 Å². The van der Waals surface area contributed by atoms with Gasteiger partial charge in [-0.15, -0.1) is 0 Å². The monoisotopic (exact) mass is 350 g/mol. The Balaban J connectivity index is 1.34. The predicted octanol–water partition coefficient (Wildman–Crippen LogP) is 1.36. The SMILES string of the molecule is C[C@H](C(=O)N1CC[NH+](Cc2ccccc2)CC1)N1CCc2ccccc21. The van der Waals surface area contributed by atoms with E-state index in [1.807, 2.05) is 0 Å². The van der Waals surface area contributed by atoms with Crippen molar-refractivity contribution in [3.63, 3.8) is 0 Å². The molecule has 2 aromatic rings. The standard InChI is InChI=1S/C22H27N3O/c1-18(25-12-11-20-9-5-6-10-21(20)25)22(26)24-15-13-23(14-16-24)17-19-7-3-2-4-8-19/h2-10,18H,11-17H2,1H3/p+1/t18-/m1/s1. The number of hydrogen-bond acceptors (Lipinski definition) is 2. The topological polar surface area (TPSA) is 28.0 Å². The Morgan fingerprint density at radius 2 is 1.69 bits per heavy atom.